The lowest BCUT2D eigenvalue weighted by atomic mass is 9.76. The van der Waals surface area contributed by atoms with E-state index in [9.17, 15) is 14.9 Å². The Labute approximate surface area is 162 Å². The molecule has 2 aromatic carbocycles. The van der Waals surface area contributed by atoms with Crippen molar-refractivity contribution < 1.29 is 19.2 Å². The zero-order valence-electron chi connectivity index (χ0n) is 15.5. The van der Waals surface area contributed by atoms with Gasteiger partial charge in [0, 0.05) is 12.0 Å². The van der Waals surface area contributed by atoms with Gasteiger partial charge in [-0.2, -0.15) is 0 Å². The van der Waals surface area contributed by atoms with E-state index in [1.54, 1.807) is 25.3 Å². The fraction of sp³-hybridized carbons (Fsp3) is 0.286. The fourth-order valence-corrected chi connectivity index (χ4v) is 4.27. The van der Waals surface area contributed by atoms with Gasteiger partial charge in [0.05, 0.1) is 42.0 Å². The minimum Gasteiger partial charge on any atom is -0.495 e. The minimum absolute atomic E-state index is 0.0601. The lowest BCUT2D eigenvalue weighted by Crippen LogP contribution is -2.30. The van der Waals surface area contributed by atoms with E-state index < -0.39 is 0 Å². The molecule has 4 rings (SSSR count). The van der Waals surface area contributed by atoms with Crippen molar-refractivity contribution >= 4 is 17.3 Å². The van der Waals surface area contributed by atoms with Gasteiger partial charge < -0.3 is 14.8 Å². The summed E-state index contributed by atoms with van der Waals surface area (Å²) in [5.74, 6) is 0.265. The Kier molecular flexibility index (Phi) is 4.50. The van der Waals surface area contributed by atoms with E-state index in [0.717, 1.165) is 12.0 Å². The molecule has 1 aliphatic heterocycles. The summed E-state index contributed by atoms with van der Waals surface area (Å²) >= 11 is 0. The molecule has 7 heteroatoms. The van der Waals surface area contributed by atoms with E-state index in [4.69, 9.17) is 9.47 Å². The molecule has 0 saturated carbocycles. The van der Waals surface area contributed by atoms with Crippen molar-refractivity contribution in [2.24, 2.45) is 5.92 Å². The molecule has 7 nitrogen and oxygen atoms in total. The van der Waals surface area contributed by atoms with E-state index in [1.165, 1.54) is 13.2 Å². The Morgan fingerprint density at radius 3 is 2.57 bits per heavy atom. The van der Waals surface area contributed by atoms with Gasteiger partial charge in [-0.1, -0.05) is 24.3 Å². The molecule has 2 aromatic rings. The number of hydrogen-bond donors (Lipinski definition) is 1. The second-order valence-electron chi connectivity index (χ2n) is 6.92. The van der Waals surface area contributed by atoms with Gasteiger partial charge in [-0.3, -0.25) is 10.1 Å². The molecule has 0 radical (unpaired) electrons. The summed E-state index contributed by atoms with van der Waals surface area (Å²) < 4.78 is 10.2. The number of rotatable bonds is 4. The molecule has 1 N–H and O–H groups in total. The predicted molar refractivity (Wildman–Crippen MR) is 104 cm³/mol. The highest BCUT2D eigenvalue weighted by Gasteiger charge is 2.42. The lowest BCUT2D eigenvalue weighted by molar-refractivity contribution is -0.385. The van der Waals surface area contributed by atoms with Crippen LogP contribution in [0.3, 0.4) is 0 Å². The average molecular weight is 380 g/mol. The van der Waals surface area contributed by atoms with Gasteiger partial charge in [0.2, 0.25) is 0 Å². The number of methoxy groups -OCH3 is 2. The Balaban J connectivity index is 1.79. The SMILES string of the molecule is COC(=O)c1ccc([C@@H]2Nc3c(OC)ccc([N+](=O)[O-])c3[C@H]3C=CC[C@@H]32)cc1. The summed E-state index contributed by atoms with van der Waals surface area (Å²) in [5, 5.41) is 15.1. The third-order valence-corrected chi connectivity index (χ3v) is 5.57. The van der Waals surface area contributed by atoms with Crippen molar-refractivity contribution in [2.75, 3.05) is 19.5 Å². The number of nitrogens with one attached hydrogen (secondary N) is 1. The second-order valence-corrected chi connectivity index (χ2v) is 6.92. The first kappa shape index (κ1) is 18.0. The van der Waals surface area contributed by atoms with Gasteiger partial charge in [0.25, 0.3) is 5.69 Å². The normalized spacial score (nSPS) is 22.0. The third-order valence-electron chi connectivity index (χ3n) is 5.57. The van der Waals surface area contributed by atoms with Crippen LogP contribution in [0.5, 0.6) is 5.75 Å². The number of benzene rings is 2. The molecule has 0 unspecified atom stereocenters. The van der Waals surface area contributed by atoms with E-state index in [1.807, 2.05) is 18.2 Å². The first-order valence-corrected chi connectivity index (χ1v) is 9.02. The molecule has 0 amide bonds. The molecule has 1 heterocycles. The first-order valence-electron chi connectivity index (χ1n) is 9.02. The van der Waals surface area contributed by atoms with Crippen molar-refractivity contribution in [3.05, 3.63) is 75.4 Å². The number of nitro benzene ring substituents is 1. The van der Waals surface area contributed by atoms with Gasteiger partial charge in [-0.05, 0) is 36.1 Å². The third kappa shape index (κ3) is 2.79. The zero-order valence-corrected chi connectivity index (χ0v) is 15.5. The number of anilines is 1. The molecule has 0 spiro atoms. The number of allylic oxidation sites excluding steroid dienone is 2. The number of hydrogen-bond acceptors (Lipinski definition) is 6. The van der Waals surface area contributed by atoms with Crippen molar-refractivity contribution in [3.63, 3.8) is 0 Å². The van der Waals surface area contributed by atoms with E-state index >= 15 is 0 Å². The maximum absolute atomic E-state index is 11.7. The zero-order chi connectivity index (χ0) is 19.8. The number of nitro groups is 1. The Hall–Kier alpha value is -3.35. The van der Waals surface area contributed by atoms with Gasteiger partial charge >= 0.3 is 5.97 Å². The largest absolute Gasteiger partial charge is 0.495 e. The van der Waals surface area contributed by atoms with Gasteiger partial charge in [-0.15, -0.1) is 0 Å². The monoisotopic (exact) mass is 380 g/mol. The molecule has 0 aromatic heterocycles. The summed E-state index contributed by atoms with van der Waals surface area (Å²) in [4.78, 5) is 23.0. The van der Waals surface area contributed by atoms with E-state index in [-0.39, 0.29) is 34.5 Å². The summed E-state index contributed by atoms with van der Waals surface area (Å²) in [5.41, 5.74) is 2.92. The molecule has 1 aliphatic carbocycles. The molecular formula is C21H20N2O5. The van der Waals surface area contributed by atoms with Crippen LogP contribution < -0.4 is 10.1 Å². The number of fused-ring (bicyclic) bond motifs is 3. The maximum atomic E-state index is 11.7. The number of ether oxygens (including phenoxy) is 2. The number of carbonyl (C=O) groups is 1. The molecule has 3 atom stereocenters. The van der Waals surface area contributed by atoms with Crippen molar-refractivity contribution in [1.29, 1.82) is 0 Å². The highest BCUT2D eigenvalue weighted by atomic mass is 16.6. The van der Waals surface area contributed by atoms with Crippen molar-refractivity contribution in [1.82, 2.24) is 0 Å². The summed E-state index contributed by atoms with van der Waals surface area (Å²) in [6.45, 7) is 0. The van der Waals surface area contributed by atoms with Gasteiger partial charge in [0.15, 0.2) is 0 Å². The van der Waals surface area contributed by atoms with Crippen LogP contribution in [0.1, 0.15) is 39.9 Å². The predicted octanol–water partition coefficient (Wildman–Crippen LogP) is 4.22. The molecule has 144 valence electrons. The molecular weight excluding hydrogens is 360 g/mol. The van der Waals surface area contributed by atoms with Crippen LogP contribution in [0, 0.1) is 16.0 Å². The average Bonchev–Trinajstić information content (AvgIpc) is 3.21. The summed E-state index contributed by atoms with van der Waals surface area (Å²) in [6, 6.07) is 10.3. The molecule has 0 bridgehead atoms. The molecule has 0 fully saturated rings. The lowest BCUT2D eigenvalue weighted by Gasteiger charge is -2.37. The fourth-order valence-electron chi connectivity index (χ4n) is 4.27. The standard InChI is InChI=1S/C21H20N2O5/c1-27-17-11-10-16(23(25)26)18-14-4-3-5-15(14)19(22-20(17)18)12-6-8-13(9-7-12)21(24)28-2/h3-4,6-11,14-15,19,22H,5H2,1-2H3/t14-,15-,19-/m0/s1. The highest BCUT2D eigenvalue weighted by Crippen LogP contribution is 2.54. The van der Waals surface area contributed by atoms with E-state index in [2.05, 4.69) is 11.4 Å². The van der Waals surface area contributed by atoms with Crippen molar-refractivity contribution in [3.8, 4) is 5.75 Å². The minimum atomic E-state index is -0.383. The second kappa shape index (κ2) is 6.99. The van der Waals surface area contributed by atoms with Gasteiger partial charge in [-0.25, -0.2) is 4.79 Å². The van der Waals surface area contributed by atoms with Gasteiger partial charge in [0.1, 0.15) is 5.75 Å². The molecule has 2 aliphatic rings. The number of carbonyl (C=O) groups excluding carboxylic acids is 1. The quantitative estimate of drug-likeness (QED) is 0.370. The van der Waals surface area contributed by atoms with Crippen LogP contribution in [-0.2, 0) is 4.74 Å². The Morgan fingerprint density at radius 2 is 1.93 bits per heavy atom. The smallest absolute Gasteiger partial charge is 0.337 e. The Morgan fingerprint density at radius 1 is 1.18 bits per heavy atom. The Bertz CT molecular complexity index is 968. The maximum Gasteiger partial charge on any atom is 0.337 e. The van der Waals surface area contributed by atoms with Crippen LogP contribution in [-0.4, -0.2) is 25.1 Å². The van der Waals surface area contributed by atoms with E-state index in [0.29, 0.717) is 22.6 Å². The molecule has 28 heavy (non-hydrogen) atoms. The van der Waals surface area contributed by atoms with Crippen LogP contribution in [0.15, 0.2) is 48.6 Å². The van der Waals surface area contributed by atoms with Crippen LogP contribution in [0.2, 0.25) is 0 Å². The van der Waals surface area contributed by atoms with Crippen LogP contribution in [0.4, 0.5) is 11.4 Å². The van der Waals surface area contributed by atoms with Crippen LogP contribution in [0.25, 0.3) is 0 Å². The number of esters is 1. The highest BCUT2D eigenvalue weighted by molar-refractivity contribution is 5.89. The molecule has 0 saturated heterocycles. The van der Waals surface area contributed by atoms with Crippen LogP contribution >= 0.6 is 0 Å². The van der Waals surface area contributed by atoms with Crippen molar-refractivity contribution in [2.45, 2.75) is 18.4 Å². The topological polar surface area (TPSA) is 90.7 Å². The summed E-state index contributed by atoms with van der Waals surface area (Å²) in [7, 11) is 2.91. The summed E-state index contributed by atoms with van der Waals surface area (Å²) in [6.07, 6.45) is 4.94. The first-order chi connectivity index (χ1) is 13.5. The number of nitrogens with zero attached hydrogens (tertiary/aromatic N) is 1.